The predicted molar refractivity (Wildman–Crippen MR) is 125 cm³/mol. The lowest BCUT2D eigenvalue weighted by Gasteiger charge is -2.35. The Labute approximate surface area is 199 Å². The van der Waals surface area contributed by atoms with Crippen LogP contribution in [0.4, 0.5) is 27.3 Å². The first-order chi connectivity index (χ1) is 17.4. The number of amides is 2. The largest absolute Gasteiger partial charge is 0.361 e. The summed E-state index contributed by atoms with van der Waals surface area (Å²) in [7, 11) is 1.83. The molecule has 5 rings (SSSR count). The number of anilines is 4. The molecule has 2 aromatic heterocycles. The number of aromatic nitrogens is 4. The highest BCUT2D eigenvalue weighted by atomic mass is 19.1. The summed E-state index contributed by atoms with van der Waals surface area (Å²) in [6.45, 7) is 0.950. The summed E-state index contributed by atoms with van der Waals surface area (Å²) >= 11 is 0. The second-order valence-corrected chi connectivity index (χ2v) is 8.49. The van der Waals surface area contributed by atoms with Crippen LogP contribution >= 0.6 is 0 Å². The van der Waals surface area contributed by atoms with Crippen LogP contribution < -0.4 is 20.9 Å². The first-order valence-electron chi connectivity index (χ1n) is 12.3. The number of rotatable bonds is 5. The fourth-order valence-corrected chi connectivity index (χ4v) is 4.05. The van der Waals surface area contributed by atoms with Gasteiger partial charge in [-0.2, -0.15) is 5.10 Å². The standard InChI is InChI=1S/C23H25FN8O2/c1-11-21-27-12(2)30-32(21)18-8-14(24)7-17(20(18)31(11)4)28-16-9-19(29-22(33)13-5-6-13)26-10-15(16)23(34)25-3/h7-11,13H,5-6H2,1-4H3,(H,25,34)(H2,26,28,29,33)/t11-/m0/s1/i3D3. The molecule has 1 aliphatic heterocycles. The molecule has 1 aliphatic carbocycles. The molecule has 2 aliphatic rings. The van der Waals surface area contributed by atoms with E-state index in [0.717, 1.165) is 12.8 Å². The molecular weight excluding hydrogens is 439 g/mol. The van der Waals surface area contributed by atoms with Crippen LogP contribution in [0, 0.1) is 18.7 Å². The zero-order chi connectivity index (χ0) is 26.6. The average molecular weight is 468 g/mol. The molecule has 10 nitrogen and oxygen atoms in total. The van der Waals surface area contributed by atoms with Crippen LogP contribution in [0.3, 0.4) is 0 Å². The van der Waals surface area contributed by atoms with Crippen LogP contribution in [0.2, 0.25) is 0 Å². The smallest absolute Gasteiger partial charge is 0.254 e. The van der Waals surface area contributed by atoms with E-state index in [9.17, 15) is 14.0 Å². The predicted octanol–water partition coefficient (Wildman–Crippen LogP) is 3.07. The zero-order valence-electron chi connectivity index (χ0n) is 21.8. The Hall–Kier alpha value is -4.02. The van der Waals surface area contributed by atoms with Crippen molar-refractivity contribution in [3.63, 3.8) is 0 Å². The van der Waals surface area contributed by atoms with Crippen molar-refractivity contribution >= 4 is 34.7 Å². The van der Waals surface area contributed by atoms with Gasteiger partial charge >= 0.3 is 0 Å². The topological polar surface area (TPSA) is 117 Å². The van der Waals surface area contributed by atoms with Crippen molar-refractivity contribution in [3.8, 4) is 5.69 Å². The van der Waals surface area contributed by atoms with E-state index in [1.807, 2.05) is 24.2 Å². The van der Waals surface area contributed by atoms with Crippen LogP contribution in [0.15, 0.2) is 24.4 Å². The lowest BCUT2D eigenvalue weighted by atomic mass is 10.1. The van der Waals surface area contributed by atoms with E-state index in [4.69, 9.17) is 4.11 Å². The molecule has 34 heavy (non-hydrogen) atoms. The van der Waals surface area contributed by atoms with Crippen molar-refractivity contribution in [2.24, 2.45) is 5.92 Å². The van der Waals surface area contributed by atoms with Crippen molar-refractivity contribution < 1.29 is 18.1 Å². The summed E-state index contributed by atoms with van der Waals surface area (Å²) in [4.78, 5) is 35.6. The third-order valence-corrected chi connectivity index (χ3v) is 6.06. The molecule has 1 aromatic carbocycles. The molecule has 1 saturated carbocycles. The normalized spacial score (nSPS) is 18.2. The minimum absolute atomic E-state index is 0.0811. The van der Waals surface area contributed by atoms with Gasteiger partial charge in [-0.3, -0.25) is 9.59 Å². The van der Waals surface area contributed by atoms with Gasteiger partial charge in [-0.05, 0) is 32.8 Å². The molecule has 11 heteroatoms. The van der Waals surface area contributed by atoms with Gasteiger partial charge in [0.15, 0.2) is 5.82 Å². The number of aryl methyl sites for hydroxylation is 1. The van der Waals surface area contributed by atoms with Crippen molar-refractivity contribution in [1.29, 1.82) is 0 Å². The quantitative estimate of drug-likeness (QED) is 0.528. The molecule has 1 atom stereocenters. The van der Waals surface area contributed by atoms with Gasteiger partial charge in [0.2, 0.25) is 5.91 Å². The van der Waals surface area contributed by atoms with Gasteiger partial charge in [0.05, 0.1) is 34.4 Å². The summed E-state index contributed by atoms with van der Waals surface area (Å²) in [5.74, 6) is -0.381. The van der Waals surface area contributed by atoms with E-state index >= 15 is 0 Å². The van der Waals surface area contributed by atoms with Crippen LogP contribution in [-0.2, 0) is 4.79 Å². The number of nitrogens with one attached hydrogen (secondary N) is 3. The highest BCUT2D eigenvalue weighted by molar-refractivity contribution is 6.02. The second-order valence-electron chi connectivity index (χ2n) is 8.49. The van der Waals surface area contributed by atoms with Crippen molar-refractivity contribution in [2.45, 2.75) is 32.7 Å². The highest BCUT2D eigenvalue weighted by Gasteiger charge is 2.32. The summed E-state index contributed by atoms with van der Waals surface area (Å²) in [6, 6.07) is 3.83. The van der Waals surface area contributed by atoms with Gasteiger partial charge < -0.3 is 20.9 Å². The monoisotopic (exact) mass is 467 g/mol. The minimum Gasteiger partial charge on any atom is -0.361 e. The summed E-state index contributed by atoms with van der Waals surface area (Å²) in [5, 5.41) is 12.2. The van der Waals surface area contributed by atoms with Crippen LogP contribution in [0.25, 0.3) is 5.69 Å². The lowest BCUT2D eigenvalue weighted by Crippen LogP contribution is -2.31. The average Bonchev–Trinajstić information content (AvgIpc) is 3.57. The molecule has 0 spiro atoms. The Kier molecular flexibility index (Phi) is 4.38. The molecule has 0 radical (unpaired) electrons. The van der Waals surface area contributed by atoms with Crippen molar-refractivity contribution in [2.75, 3.05) is 29.6 Å². The van der Waals surface area contributed by atoms with E-state index in [2.05, 4.69) is 25.7 Å². The maximum atomic E-state index is 14.9. The highest BCUT2D eigenvalue weighted by Crippen LogP contribution is 2.43. The molecule has 2 amide bonds. The molecule has 3 heterocycles. The number of hydrogen-bond acceptors (Lipinski definition) is 7. The summed E-state index contributed by atoms with van der Waals surface area (Å²) in [5.41, 5.74) is 1.38. The van der Waals surface area contributed by atoms with Gasteiger partial charge in [0.1, 0.15) is 17.5 Å². The molecule has 1 fully saturated rings. The fraction of sp³-hybridized carbons (Fsp3) is 0.348. The van der Waals surface area contributed by atoms with E-state index in [0.29, 0.717) is 28.7 Å². The Bertz CT molecular complexity index is 1420. The molecule has 0 unspecified atom stereocenters. The Morgan fingerprint density at radius 3 is 2.76 bits per heavy atom. The maximum absolute atomic E-state index is 14.9. The van der Waals surface area contributed by atoms with Crippen molar-refractivity contribution in [3.05, 3.63) is 47.4 Å². The molecule has 3 N–H and O–H groups in total. The SMILES string of the molecule is [2H]C([2H])([2H])NC(=O)c1cnc(NC(=O)C2CC2)cc1Nc1cc(F)cc2c1N(C)[C@@H](C)c1nc(C)nn1-2. The number of pyridine rings is 1. The first-order valence-corrected chi connectivity index (χ1v) is 10.8. The lowest BCUT2D eigenvalue weighted by molar-refractivity contribution is -0.117. The number of nitrogens with zero attached hydrogens (tertiary/aromatic N) is 5. The second kappa shape index (κ2) is 8.08. The number of fused-ring (bicyclic) bond motifs is 3. The number of halogens is 1. The Morgan fingerprint density at radius 2 is 2.03 bits per heavy atom. The van der Waals surface area contributed by atoms with Gasteiger partial charge in [-0.25, -0.2) is 19.0 Å². The van der Waals surface area contributed by atoms with Gasteiger partial charge in [-0.1, -0.05) is 0 Å². The first kappa shape index (κ1) is 18.4. The summed E-state index contributed by atoms with van der Waals surface area (Å²) < 4.78 is 38.6. The van der Waals surface area contributed by atoms with E-state index in [-0.39, 0.29) is 34.9 Å². The minimum atomic E-state index is -2.73. The number of carbonyl (C=O) groups excluding carboxylic acids is 2. The van der Waals surface area contributed by atoms with E-state index in [1.165, 1.54) is 24.4 Å². The molecule has 0 bridgehead atoms. The maximum Gasteiger partial charge on any atom is 0.254 e. The summed E-state index contributed by atoms with van der Waals surface area (Å²) in [6.07, 6.45) is 2.75. The van der Waals surface area contributed by atoms with Crippen molar-refractivity contribution in [1.82, 2.24) is 25.1 Å². The van der Waals surface area contributed by atoms with Crippen LogP contribution in [0.1, 0.15) is 51.9 Å². The number of carbonyl (C=O) groups is 2. The Morgan fingerprint density at radius 1 is 1.24 bits per heavy atom. The third kappa shape index (κ3) is 3.72. The number of benzene rings is 1. The van der Waals surface area contributed by atoms with Crippen LogP contribution in [0.5, 0.6) is 0 Å². The molecule has 0 saturated heterocycles. The van der Waals surface area contributed by atoms with Gasteiger partial charge in [0, 0.05) is 42.4 Å². The zero-order valence-corrected chi connectivity index (χ0v) is 18.8. The molecule has 176 valence electrons. The fourth-order valence-electron chi connectivity index (χ4n) is 4.05. The third-order valence-electron chi connectivity index (χ3n) is 6.06. The van der Waals surface area contributed by atoms with Crippen LogP contribution in [-0.4, -0.2) is 45.6 Å². The van der Waals surface area contributed by atoms with Gasteiger partial charge in [-0.15, -0.1) is 0 Å². The van der Waals surface area contributed by atoms with E-state index in [1.54, 1.807) is 11.6 Å². The van der Waals surface area contributed by atoms with Gasteiger partial charge in [0.25, 0.3) is 5.91 Å². The number of hydrogen-bond donors (Lipinski definition) is 3. The molecule has 3 aromatic rings. The van der Waals surface area contributed by atoms with E-state index < -0.39 is 18.7 Å². The molecular formula is C23H25FN8O2. The Balaban J connectivity index is 1.60.